The molecule has 0 unspecified atom stereocenters. The van der Waals surface area contributed by atoms with E-state index in [0.717, 1.165) is 5.00 Å². The van der Waals surface area contributed by atoms with Crippen LogP contribution in [0.25, 0.3) is 0 Å². The SMILES string of the molecule is COc1ncc(NC(=O)Nc2cccs2)cn1. The first kappa shape index (κ1) is 11.3. The van der Waals surface area contributed by atoms with Crippen LogP contribution in [0.15, 0.2) is 29.9 Å². The summed E-state index contributed by atoms with van der Waals surface area (Å²) in [5, 5.41) is 7.94. The third-order valence-corrected chi connectivity index (χ3v) is 2.61. The lowest BCUT2D eigenvalue weighted by Crippen LogP contribution is -2.18. The zero-order chi connectivity index (χ0) is 12.1. The molecule has 0 bridgehead atoms. The maximum atomic E-state index is 11.5. The van der Waals surface area contributed by atoms with Crippen molar-refractivity contribution < 1.29 is 9.53 Å². The van der Waals surface area contributed by atoms with E-state index < -0.39 is 0 Å². The number of hydrogen-bond acceptors (Lipinski definition) is 5. The van der Waals surface area contributed by atoms with E-state index in [2.05, 4.69) is 20.6 Å². The summed E-state index contributed by atoms with van der Waals surface area (Å²) in [5.74, 6) is 0. The highest BCUT2D eigenvalue weighted by molar-refractivity contribution is 7.14. The van der Waals surface area contributed by atoms with Crippen LogP contribution in [0, 0.1) is 0 Å². The number of nitrogens with zero attached hydrogens (tertiary/aromatic N) is 2. The van der Waals surface area contributed by atoms with Crippen LogP contribution < -0.4 is 15.4 Å². The Morgan fingerprint density at radius 3 is 2.71 bits per heavy atom. The topological polar surface area (TPSA) is 76.1 Å². The molecule has 7 heteroatoms. The van der Waals surface area contributed by atoms with Crippen molar-refractivity contribution >= 4 is 28.1 Å². The number of thiophene rings is 1. The zero-order valence-electron chi connectivity index (χ0n) is 9.01. The van der Waals surface area contributed by atoms with Crippen LogP contribution in [0.1, 0.15) is 0 Å². The molecule has 0 aromatic carbocycles. The lowest BCUT2D eigenvalue weighted by atomic mass is 10.5. The predicted molar refractivity (Wildman–Crippen MR) is 65.5 cm³/mol. The molecule has 88 valence electrons. The maximum absolute atomic E-state index is 11.5. The largest absolute Gasteiger partial charge is 0.467 e. The van der Waals surface area contributed by atoms with Crippen LogP contribution >= 0.6 is 11.3 Å². The molecule has 0 saturated carbocycles. The minimum absolute atomic E-state index is 0.259. The number of aromatic nitrogens is 2. The number of rotatable bonds is 3. The molecule has 0 atom stereocenters. The number of anilines is 2. The van der Waals surface area contributed by atoms with Crippen molar-refractivity contribution in [3.8, 4) is 6.01 Å². The number of methoxy groups -OCH3 is 1. The molecule has 2 aromatic heterocycles. The molecule has 0 spiro atoms. The van der Waals surface area contributed by atoms with Gasteiger partial charge < -0.3 is 10.1 Å². The Balaban J connectivity index is 1.93. The van der Waals surface area contributed by atoms with Gasteiger partial charge >= 0.3 is 12.0 Å². The number of hydrogen-bond donors (Lipinski definition) is 2. The molecule has 0 aliphatic heterocycles. The fourth-order valence-corrected chi connectivity index (χ4v) is 1.72. The highest BCUT2D eigenvalue weighted by atomic mass is 32.1. The molecule has 0 aliphatic rings. The summed E-state index contributed by atoms with van der Waals surface area (Å²) in [6, 6.07) is 3.60. The molecule has 2 rings (SSSR count). The number of carbonyl (C=O) groups is 1. The first-order valence-electron chi connectivity index (χ1n) is 4.75. The highest BCUT2D eigenvalue weighted by Crippen LogP contribution is 2.15. The van der Waals surface area contributed by atoms with Crippen molar-refractivity contribution in [2.75, 3.05) is 17.7 Å². The number of urea groups is 1. The summed E-state index contributed by atoms with van der Waals surface area (Å²) in [6.45, 7) is 0. The van der Waals surface area contributed by atoms with Crippen molar-refractivity contribution in [2.24, 2.45) is 0 Å². The average molecular weight is 250 g/mol. The molecule has 0 saturated heterocycles. The Kier molecular flexibility index (Phi) is 3.51. The summed E-state index contributed by atoms with van der Waals surface area (Å²) < 4.78 is 4.81. The summed E-state index contributed by atoms with van der Waals surface area (Å²) >= 11 is 1.44. The van der Waals surface area contributed by atoms with E-state index >= 15 is 0 Å². The van der Waals surface area contributed by atoms with Crippen molar-refractivity contribution in [2.45, 2.75) is 0 Å². The van der Waals surface area contributed by atoms with Crippen LogP contribution in [-0.2, 0) is 0 Å². The Hall–Kier alpha value is -2.15. The van der Waals surface area contributed by atoms with Gasteiger partial charge in [-0.05, 0) is 17.5 Å². The molecule has 2 N–H and O–H groups in total. The Morgan fingerprint density at radius 2 is 2.12 bits per heavy atom. The quantitative estimate of drug-likeness (QED) is 0.875. The summed E-state index contributed by atoms with van der Waals surface area (Å²) in [4.78, 5) is 19.3. The molecular formula is C10H10N4O2S. The second-order valence-electron chi connectivity index (χ2n) is 3.01. The Labute approximate surface area is 102 Å². The first-order valence-corrected chi connectivity index (χ1v) is 5.63. The van der Waals surface area contributed by atoms with E-state index in [1.54, 1.807) is 0 Å². The van der Waals surface area contributed by atoms with Crippen LogP contribution in [0.5, 0.6) is 6.01 Å². The number of amides is 2. The van der Waals surface area contributed by atoms with Gasteiger partial charge in [-0.1, -0.05) is 0 Å². The van der Waals surface area contributed by atoms with E-state index in [1.165, 1.54) is 30.8 Å². The van der Waals surface area contributed by atoms with Gasteiger partial charge in [0, 0.05) is 0 Å². The van der Waals surface area contributed by atoms with Gasteiger partial charge in [0.1, 0.15) is 0 Å². The van der Waals surface area contributed by atoms with Crippen LogP contribution in [0.3, 0.4) is 0 Å². The molecule has 0 fully saturated rings. The van der Waals surface area contributed by atoms with Crippen LogP contribution in [0.2, 0.25) is 0 Å². The third kappa shape index (κ3) is 3.15. The lowest BCUT2D eigenvalue weighted by Gasteiger charge is -2.05. The standard InChI is InChI=1S/C10H10N4O2S/c1-16-10-11-5-7(6-12-10)13-9(15)14-8-3-2-4-17-8/h2-6H,1H3,(H2,13,14,15). The minimum Gasteiger partial charge on any atom is -0.467 e. The van der Waals surface area contributed by atoms with E-state index in [9.17, 15) is 4.79 Å². The van der Waals surface area contributed by atoms with Gasteiger partial charge in [-0.25, -0.2) is 14.8 Å². The second-order valence-corrected chi connectivity index (χ2v) is 3.96. The summed E-state index contributed by atoms with van der Waals surface area (Å²) in [5.41, 5.74) is 0.500. The molecule has 0 radical (unpaired) electrons. The van der Waals surface area contributed by atoms with Gasteiger partial charge in [0.15, 0.2) is 0 Å². The summed E-state index contributed by atoms with van der Waals surface area (Å²) in [7, 11) is 1.48. The second kappa shape index (κ2) is 5.26. The minimum atomic E-state index is -0.332. The zero-order valence-corrected chi connectivity index (χ0v) is 9.82. The number of nitrogens with one attached hydrogen (secondary N) is 2. The normalized spacial score (nSPS) is 9.71. The predicted octanol–water partition coefficient (Wildman–Crippen LogP) is 2.19. The third-order valence-electron chi connectivity index (χ3n) is 1.83. The van der Waals surface area contributed by atoms with E-state index in [0.29, 0.717) is 5.69 Å². The molecule has 2 aromatic rings. The monoisotopic (exact) mass is 250 g/mol. The van der Waals surface area contributed by atoms with Gasteiger partial charge in [0.05, 0.1) is 30.2 Å². The maximum Gasteiger partial charge on any atom is 0.324 e. The first-order chi connectivity index (χ1) is 8.28. The van der Waals surface area contributed by atoms with Gasteiger partial charge in [-0.3, -0.25) is 5.32 Å². The number of carbonyl (C=O) groups excluding carboxylic acids is 1. The summed E-state index contributed by atoms with van der Waals surface area (Å²) in [6.07, 6.45) is 2.94. The van der Waals surface area contributed by atoms with Crippen molar-refractivity contribution in [1.82, 2.24) is 9.97 Å². The van der Waals surface area contributed by atoms with Gasteiger partial charge in [0.2, 0.25) is 0 Å². The molecular weight excluding hydrogens is 240 g/mol. The smallest absolute Gasteiger partial charge is 0.324 e. The molecule has 0 aliphatic carbocycles. The lowest BCUT2D eigenvalue weighted by molar-refractivity contribution is 0.262. The number of ether oxygens (including phenoxy) is 1. The van der Waals surface area contributed by atoms with E-state index in [-0.39, 0.29) is 12.0 Å². The average Bonchev–Trinajstić information content (AvgIpc) is 2.82. The Morgan fingerprint density at radius 1 is 1.35 bits per heavy atom. The van der Waals surface area contributed by atoms with Crippen molar-refractivity contribution in [3.63, 3.8) is 0 Å². The molecule has 17 heavy (non-hydrogen) atoms. The Bertz CT molecular complexity index is 484. The molecule has 2 heterocycles. The van der Waals surface area contributed by atoms with Crippen LogP contribution in [0.4, 0.5) is 15.5 Å². The van der Waals surface area contributed by atoms with Crippen molar-refractivity contribution in [3.05, 3.63) is 29.9 Å². The van der Waals surface area contributed by atoms with Crippen LogP contribution in [-0.4, -0.2) is 23.1 Å². The van der Waals surface area contributed by atoms with Gasteiger partial charge in [0.25, 0.3) is 0 Å². The highest BCUT2D eigenvalue weighted by Gasteiger charge is 2.04. The fraction of sp³-hybridized carbons (Fsp3) is 0.100. The fourth-order valence-electron chi connectivity index (χ4n) is 1.11. The van der Waals surface area contributed by atoms with E-state index in [1.807, 2.05) is 17.5 Å². The molecule has 2 amide bonds. The van der Waals surface area contributed by atoms with Gasteiger partial charge in [-0.2, -0.15) is 0 Å². The van der Waals surface area contributed by atoms with E-state index in [4.69, 9.17) is 4.74 Å². The molecule has 6 nitrogen and oxygen atoms in total. The van der Waals surface area contributed by atoms with Gasteiger partial charge in [-0.15, -0.1) is 11.3 Å². The van der Waals surface area contributed by atoms with Crippen molar-refractivity contribution in [1.29, 1.82) is 0 Å².